The number of nitrogens with zero attached hydrogens (tertiary/aromatic N) is 1. The molecule has 0 saturated heterocycles. The predicted octanol–water partition coefficient (Wildman–Crippen LogP) is 2.86. The number of ketones is 1. The lowest BCUT2D eigenvalue weighted by molar-refractivity contribution is 0.0696. The number of carbonyl (C=O) groups excluding carboxylic acids is 1. The third-order valence-electron chi connectivity index (χ3n) is 3.67. The minimum absolute atomic E-state index is 0.0329. The number of carboxylic acid groups (broad SMARTS) is 1. The first-order chi connectivity index (χ1) is 13.3. The second kappa shape index (κ2) is 9.61. The van der Waals surface area contributed by atoms with Gasteiger partial charge < -0.3 is 25.5 Å². The maximum Gasteiger partial charge on any atom is 0.335 e. The van der Waals surface area contributed by atoms with Gasteiger partial charge in [-0.15, -0.1) is 0 Å². The molecule has 2 aromatic rings. The van der Waals surface area contributed by atoms with Gasteiger partial charge in [-0.2, -0.15) is 0 Å². The van der Waals surface area contributed by atoms with Gasteiger partial charge in [0.15, 0.2) is 11.6 Å². The third kappa shape index (κ3) is 5.62. The summed E-state index contributed by atoms with van der Waals surface area (Å²) in [4.78, 5) is 27.4. The number of carbonyl (C=O) groups is 2. The van der Waals surface area contributed by atoms with Crippen LogP contribution in [0.2, 0.25) is 5.02 Å². The van der Waals surface area contributed by atoms with Crippen molar-refractivity contribution in [2.24, 2.45) is 10.9 Å². The van der Waals surface area contributed by atoms with Gasteiger partial charge in [-0.3, -0.25) is 4.79 Å². The van der Waals surface area contributed by atoms with Gasteiger partial charge in [0.1, 0.15) is 29.7 Å². The normalized spacial score (nSPS) is 11.1. The molecule has 0 fully saturated rings. The van der Waals surface area contributed by atoms with Gasteiger partial charge >= 0.3 is 5.97 Å². The Morgan fingerprint density at radius 3 is 2.68 bits per heavy atom. The number of phenolic OH excluding ortho intramolecular Hbond substituents is 1. The van der Waals surface area contributed by atoms with E-state index in [0.717, 1.165) is 5.56 Å². The van der Waals surface area contributed by atoms with Crippen LogP contribution in [0.1, 0.15) is 33.2 Å². The molecule has 0 spiro atoms. The molecule has 28 heavy (non-hydrogen) atoms. The summed E-state index contributed by atoms with van der Waals surface area (Å²) in [5.74, 6) is -1.50. The molecule has 0 aliphatic heterocycles. The topological polar surface area (TPSA) is 131 Å². The quantitative estimate of drug-likeness (QED) is 0.192. The van der Waals surface area contributed by atoms with E-state index in [9.17, 15) is 14.7 Å². The third-order valence-corrected chi connectivity index (χ3v) is 4.04. The van der Waals surface area contributed by atoms with Crippen LogP contribution in [0.3, 0.4) is 0 Å². The summed E-state index contributed by atoms with van der Waals surface area (Å²) in [6, 6.07) is 9.34. The van der Waals surface area contributed by atoms with Gasteiger partial charge in [-0.1, -0.05) is 28.9 Å². The van der Waals surface area contributed by atoms with Crippen molar-refractivity contribution in [2.75, 3.05) is 13.2 Å². The second-order valence-electron chi connectivity index (χ2n) is 5.79. The molecule has 0 radical (unpaired) electrons. The molecule has 2 rings (SSSR count). The molecule has 0 aromatic heterocycles. The Bertz CT molecular complexity index is 913. The fourth-order valence-electron chi connectivity index (χ4n) is 2.27. The van der Waals surface area contributed by atoms with Crippen LogP contribution in [-0.4, -0.2) is 41.0 Å². The van der Waals surface area contributed by atoms with Crippen molar-refractivity contribution in [3.05, 3.63) is 58.1 Å². The number of oxime groups is 1. The molecule has 2 aromatic carbocycles. The Morgan fingerprint density at radius 2 is 2.00 bits per heavy atom. The summed E-state index contributed by atoms with van der Waals surface area (Å²) in [6.45, 7) is 1.36. The highest BCUT2D eigenvalue weighted by atomic mass is 35.5. The van der Waals surface area contributed by atoms with Crippen LogP contribution in [0.5, 0.6) is 11.5 Å². The molecular formula is C19H19ClN2O6. The van der Waals surface area contributed by atoms with Crippen LogP contribution >= 0.6 is 11.6 Å². The fraction of sp³-hybridized carbons (Fsp3) is 0.211. The highest BCUT2D eigenvalue weighted by molar-refractivity contribution is 6.34. The lowest BCUT2D eigenvalue weighted by Gasteiger charge is -2.10. The largest absolute Gasteiger partial charge is 0.505 e. The van der Waals surface area contributed by atoms with Crippen LogP contribution in [-0.2, 0) is 11.3 Å². The van der Waals surface area contributed by atoms with E-state index in [0.29, 0.717) is 6.42 Å². The van der Waals surface area contributed by atoms with Crippen molar-refractivity contribution >= 4 is 29.2 Å². The fourth-order valence-corrected chi connectivity index (χ4v) is 2.49. The number of hydrogen-bond donors (Lipinski definition) is 3. The first-order valence-corrected chi connectivity index (χ1v) is 8.59. The van der Waals surface area contributed by atoms with Crippen LogP contribution in [0, 0.1) is 0 Å². The Kier molecular flexibility index (Phi) is 7.22. The number of ether oxygens (including phenoxy) is 1. The number of Topliss-reactive ketones (excluding diaryl/α,β-unsaturated/α-hetero) is 1. The molecule has 4 N–H and O–H groups in total. The molecule has 0 amide bonds. The molecule has 0 aliphatic rings. The minimum Gasteiger partial charge on any atom is -0.505 e. The van der Waals surface area contributed by atoms with E-state index in [-0.39, 0.29) is 52.5 Å². The zero-order valence-electron chi connectivity index (χ0n) is 15.0. The summed E-state index contributed by atoms with van der Waals surface area (Å²) in [7, 11) is 0. The summed E-state index contributed by atoms with van der Waals surface area (Å²) in [6.07, 6.45) is 0.449. The van der Waals surface area contributed by atoms with Crippen molar-refractivity contribution in [3.63, 3.8) is 0 Å². The Balaban J connectivity index is 1.85. The summed E-state index contributed by atoms with van der Waals surface area (Å²) in [5, 5.41) is 22.5. The predicted molar refractivity (Wildman–Crippen MR) is 103 cm³/mol. The van der Waals surface area contributed by atoms with E-state index < -0.39 is 5.97 Å². The van der Waals surface area contributed by atoms with Gasteiger partial charge in [0.05, 0.1) is 11.1 Å². The summed E-state index contributed by atoms with van der Waals surface area (Å²) < 4.78 is 5.37. The summed E-state index contributed by atoms with van der Waals surface area (Å²) >= 11 is 5.97. The van der Waals surface area contributed by atoms with E-state index >= 15 is 0 Å². The zero-order chi connectivity index (χ0) is 20.7. The molecule has 0 saturated carbocycles. The van der Waals surface area contributed by atoms with E-state index in [4.69, 9.17) is 32.0 Å². The van der Waals surface area contributed by atoms with Crippen molar-refractivity contribution in [1.82, 2.24) is 0 Å². The number of aromatic carboxylic acids is 1. The number of phenols is 1. The SMILES string of the molecule is CC(=O)c1ccc(OC/C(N)=N/OCCc2cccc(C(=O)O)c2)c(Cl)c1O. The number of benzene rings is 2. The monoisotopic (exact) mass is 406 g/mol. The number of halogens is 1. The number of amidine groups is 1. The minimum atomic E-state index is -0.997. The highest BCUT2D eigenvalue weighted by Gasteiger charge is 2.15. The number of nitrogens with two attached hydrogens (primary N) is 1. The van der Waals surface area contributed by atoms with Crippen molar-refractivity contribution in [1.29, 1.82) is 0 Å². The maximum atomic E-state index is 11.4. The van der Waals surface area contributed by atoms with Crippen LogP contribution in [0.15, 0.2) is 41.6 Å². The summed E-state index contributed by atoms with van der Waals surface area (Å²) in [5.41, 5.74) is 6.77. The average Bonchev–Trinajstić information content (AvgIpc) is 2.66. The van der Waals surface area contributed by atoms with E-state index in [1.165, 1.54) is 25.1 Å². The Labute approximate surface area is 166 Å². The molecule has 0 heterocycles. The van der Waals surface area contributed by atoms with Crippen LogP contribution < -0.4 is 10.5 Å². The van der Waals surface area contributed by atoms with Gasteiger partial charge in [-0.05, 0) is 36.8 Å². The number of rotatable bonds is 9. The molecular weight excluding hydrogens is 388 g/mol. The number of hydrogen-bond acceptors (Lipinski definition) is 6. The Morgan fingerprint density at radius 1 is 1.25 bits per heavy atom. The maximum absolute atomic E-state index is 11.4. The molecule has 0 unspecified atom stereocenters. The lowest BCUT2D eigenvalue weighted by atomic mass is 10.1. The molecule has 0 bridgehead atoms. The van der Waals surface area contributed by atoms with Crippen molar-refractivity contribution in [3.8, 4) is 11.5 Å². The van der Waals surface area contributed by atoms with Gasteiger partial charge in [0, 0.05) is 6.42 Å². The first kappa shape index (κ1) is 21.0. The van der Waals surface area contributed by atoms with Crippen molar-refractivity contribution < 1.29 is 29.4 Å². The lowest BCUT2D eigenvalue weighted by Crippen LogP contribution is -2.21. The standard InChI is InChI=1S/C19H19ClN2O6/c1-11(23)14-5-6-15(17(20)18(14)24)27-10-16(21)22-28-8-7-12-3-2-4-13(9-12)19(25)26/h2-6,9,24H,7-8,10H2,1H3,(H2,21,22)(H,25,26). The van der Waals surface area contributed by atoms with Gasteiger partial charge in [-0.25, -0.2) is 4.79 Å². The second-order valence-corrected chi connectivity index (χ2v) is 6.17. The van der Waals surface area contributed by atoms with Gasteiger partial charge in [0.25, 0.3) is 0 Å². The number of carboxylic acids is 1. The first-order valence-electron chi connectivity index (χ1n) is 8.21. The van der Waals surface area contributed by atoms with E-state index in [1.54, 1.807) is 18.2 Å². The highest BCUT2D eigenvalue weighted by Crippen LogP contribution is 2.36. The molecule has 8 nitrogen and oxygen atoms in total. The molecule has 0 aliphatic carbocycles. The van der Waals surface area contributed by atoms with E-state index in [1.807, 2.05) is 0 Å². The zero-order valence-corrected chi connectivity index (χ0v) is 15.8. The Hall–Kier alpha value is -3.26. The molecule has 148 valence electrons. The average molecular weight is 407 g/mol. The molecule has 9 heteroatoms. The smallest absolute Gasteiger partial charge is 0.335 e. The van der Waals surface area contributed by atoms with E-state index in [2.05, 4.69) is 5.16 Å². The van der Waals surface area contributed by atoms with Crippen LogP contribution in [0.4, 0.5) is 0 Å². The number of aromatic hydroxyl groups is 1. The molecule has 0 atom stereocenters. The van der Waals surface area contributed by atoms with Gasteiger partial charge in [0.2, 0.25) is 0 Å². The van der Waals surface area contributed by atoms with Crippen molar-refractivity contribution in [2.45, 2.75) is 13.3 Å². The van der Waals surface area contributed by atoms with Crippen LogP contribution in [0.25, 0.3) is 0 Å².